The van der Waals surface area contributed by atoms with E-state index in [1.54, 1.807) is 12.6 Å². The molecule has 0 spiro atoms. The molecule has 148 valence electrons. The van der Waals surface area contributed by atoms with E-state index in [0.29, 0.717) is 28.3 Å². The van der Waals surface area contributed by atoms with Gasteiger partial charge in [0.2, 0.25) is 0 Å². The Bertz CT molecular complexity index is 253. The van der Waals surface area contributed by atoms with Crippen molar-refractivity contribution in [1.29, 1.82) is 0 Å². The van der Waals surface area contributed by atoms with Gasteiger partial charge in [0.15, 0.2) is 0 Å². The summed E-state index contributed by atoms with van der Waals surface area (Å²) in [6, 6.07) is 0. The van der Waals surface area contributed by atoms with Gasteiger partial charge in [-0.25, -0.2) is 0 Å². The number of hydrogen-bond donors (Lipinski definition) is 0. The summed E-state index contributed by atoms with van der Waals surface area (Å²) in [5.74, 6) is 0. The molecule has 0 N–H and O–H groups in total. The van der Waals surface area contributed by atoms with Gasteiger partial charge >= 0.3 is 20.4 Å². The Balaban J connectivity index is -0.000000151. The molecule has 0 aliphatic heterocycles. The molecule has 0 aliphatic carbocycles. The standard InChI is InChI=1S/C12H27P.2C4H7O.Pd/c1-10(2,3)13(11(4,5)6)12(7,8)9;2*1-2-3-4-5;/h1-9H3;2*2-3H2,1H3;/q;2*-1;+2/p+1. The van der Waals surface area contributed by atoms with Gasteiger partial charge in [0.1, 0.15) is 0 Å². The van der Waals surface area contributed by atoms with Crippen LogP contribution in [0.3, 0.4) is 0 Å². The minimum atomic E-state index is -0.391. The van der Waals surface area contributed by atoms with Crippen molar-refractivity contribution in [1.82, 2.24) is 0 Å². The van der Waals surface area contributed by atoms with Gasteiger partial charge in [-0.2, -0.15) is 12.8 Å². The molecule has 0 aliphatic rings. The first-order valence-electron chi connectivity index (χ1n) is 8.78. The maximum Gasteiger partial charge on any atom is 2.00 e. The van der Waals surface area contributed by atoms with E-state index in [1.165, 1.54) is 0 Å². The van der Waals surface area contributed by atoms with Gasteiger partial charge in [-0.3, -0.25) is 12.6 Å². The second-order valence-electron chi connectivity index (χ2n) is 8.91. The molecule has 0 radical (unpaired) electrons. The molecule has 0 saturated heterocycles. The van der Waals surface area contributed by atoms with Crippen LogP contribution in [0.1, 0.15) is 102 Å². The molecule has 0 amide bonds. The average Bonchev–Trinajstić information content (AvgIpc) is 2.26. The van der Waals surface area contributed by atoms with Crippen molar-refractivity contribution in [2.45, 2.75) is 117 Å². The van der Waals surface area contributed by atoms with Crippen LogP contribution in [0.5, 0.6) is 0 Å². The Morgan fingerprint density at radius 3 is 0.833 bits per heavy atom. The Kier molecular flexibility index (Phi) is 21.0. The molecule has 0 fully saturated rings. The minimum absolute atomic E-state index is 0. The molecular weight excluding hydrogens is 410 g/mol. The quantitative estimate of drug-likeness (QED) is 0.282. The predicted octanol–water partition coefficient (Wildman–Crippen LogP) is 6.39. The zero-order valence-corrected chi connectivity index (χ0v) is 20.5. The molecule has 0 rings (SSSR count). The van der Waals surface area contributed by atoms with Crippen LogP contribution in [-0.4, -0.2) is 28.0 Å². The smallest absolute Gasteiger partial charge is 0.542 e. The third-order valence-corrected chi connectivity index (χ3v) is 7.45. The topological polar surface area (TPSA) is 34.1 Å². The summed E-state index contributed by atoms with van der Waals surface area (Å²) in [5, 5.41) is 1.46. The molecule has 24 heavy (non-hydrogen) atoms. The molecule has 0 unspecified atom stereocenters. The molecule has 4 heteroatoms. The van der Waals surface area contributed by atoms with Crippen molar-refractivity contribution in [3.63, 3.8) is 0 Å². The first-order chi connectivity index (χ1) is 10.2. The molecule has 0 aromatic heterocycles. The fourth-order valence-electron chi connectivity index (χ4n) is 3.58. The van der Waals surface area contributed by atoms with Crippen LogP contribution in [0.2, 0.25) is 0 Å². The number of rotatable bonds is 4. The van der Waals surface area contributed by atoms with Crippen LogP contribution < -0.4 is 0 Å². The van der Waals surface area contributed by atoms with Gasteiger partial charge in [0.05, 0.1) is 15.5 Å². The average molecular weight is 452 g/mol. The second-order valence-corrected chi connectivity index (χ2v) is 14.2. The van der Waals surface area contributed by atoms with E-state index in [0.717, 1.165) is 12.8 Å². The Labute approximate surface area is 167 Å². The molecule has 2 nitrogen and oxygen atoms in total. The van der Waals surface area contributed by atoms with E-state index in [2.05, 4.69) is 62.3 Å². The zero-order valence-electron chi connectivity index (χ0n) is 18.0. The number of carbonyl (C=O) groups excluding carboxylic acids is 2. The molecule has 0 heterocycles. The molecule has 0 aromatic carbocycles. The van der Waals surface area contributed by atoms with E-state index in [9.17, 15) is 9.59 Å². The largest absolute Gasteiger partial charge is 2.00 e. The van der Waals surface area contributed by atoms with Crippen LogP contribution in [-0.2, 0) is 30.0 Å². The van der Waals surface area contributed by atoms with E-state index < -0.39 is 7.92 Å². The summed E-state index contributed by atoms with van der Waals surface area (Å²) in [7, 11) is -0.391. The Morgan fingerprint density at radius 2 is 0.833 bits per heavy atom. The Hall–Kier alpha value is 0.432. The summed E-state index contributed by atoms with van der Waals surface area (Å²) in [6.07, 6.45) is 6.54. The minimum Gasteiger partial charge on any atom is -0.542 e. The van der Waals surface area contributed by atoms with Crippen LogP contribution in [0.15, 0.2) is 0 Å². The third-order valence-electron chi connectivity index (χ3n) is 2.95. The molecule has 0 saturated carbocycles. The van der Waals surface area contributed by atoms with Crippen molar-refractivity contribution >= 4 is 20.5 Å². The van der Waals surface area contributed by atoms with Crippen molar-refractivity contribution < 1.29 is 30.0 Å². The van der Waals surface area contributed by atoms with Gasteiger partial charge in [-0.05, 0) is 62.3 Å². The first kappa shape index (κ1) is 32.1. The summed E-state index contributed by atoms with van der Waals surface area (Å²) < 4.78 is 0. The summed E-state index contributed by atoms with van der Waals surface area (Å²) >= 11 is 0. The van der Waals surface area contributed by atoms with Crippen LogP contribution >= 0.6 is 7.92 Å². The van der Waals surface area contributed by atoms with Gasteiger partial charge in [0.25, 0.3) is 0 Å². The Morgan fingerprint density at radius 1 is 0.625 bits per heavy atom. The normalized spacial score (nSPS) is 11.3. The number of hydrogen-bond acceptors (Lipinski definition) is 2. The molecular formula is C20H42O2PPd+. The maximum absolute atomic E-state index is 9.28. The fraction of sp³-hybridized carbons (Fsp3) is 0.900. The second kappa shape index (κ2) is 15.7. The number of unbranched alkanes of at least 4 members (excludes halogenated alkanes) is 2. The van der Waals surface area contributed by atoms with E-state index >= 15 is 0 Å². The summed E-state index contributed by atoms with van der Waals surface area (Å²) in [4.78, 5) is 18.6. The van der Waals surface area contributed by atoms with Gasteiger partial charge < -0.3 is 9.59 Å². The van der Waals surface area contributed by atoms with Crippen molar-refractivity contribution in [3.8, 4) is 0 Å². The zero-order chi connectivity index (χ0) is 19.3. The van der Waals surface area contributed by atoms with Crippen LogP contribution in [0.25, 0.3) is 0 Å². The van der Waals surface area contributed by atoms with Gasteiger partial charge in [-0.1, -0.05) is 26.7 Å². The summed E-state index contributed by atoms with van der Waals surface area (Å²) in [5.41, 5.74) is 0. The summed E-state index contributed by atoms with van der Waals surface area (Å²) in [6.45, 7) is 25.5. The van der Waals surface area contributed by atoms with E-state index in [4.69, 9.17) is 0 Å². The maximum atomic E-state index is 9.28. The third kappa shape index (κ3) is 20.5. The SMILES string of the molecule is CC(C)(C)[PH+](C(C)(C)C)C(C)(C)C.CCC[C-]=O.CCC[C-]=O.[Pd+2]. The van der Waals surface area contributed by atoms with E-state index in [1.807, 2.05) is 13.8 Å². The molecule has 0 atom stereocenters. The van der Waals surface area contributed by atoms with Crippen molar-refractivity contribution in [3.05, 3.63) is 0 Å². The predicted molar refractivity (Wildman–Crippen MR) is 109 cm³/mol. The first-order valence-corrected chi connectivity index (χ1v) is 10.3. The van der Waals surface area contributed by atoms with Crippen molar-refractivity contribution in [2.75, 3.05) is 0 Å². The van der Waals surface area contributed by atoms with Gasteiger partial charge in [-0.15, -0.1) is 0 Å². The van der Waals surface area contributed by atoms with Crippen LogP contribution in [0, 0.1) is 0 Å². The molecule has 0 bridgehead atoms. The monoisotopic (exact) mass is 451 g/mol. The fourth-order valence-corrected chi connectivity index (χ4v) is 10.3. The van der Waals surface area contributed by atoms with E-state index in [-0.39, 0.29) is 20.4 Å². The van der Waals surface area contributed by atoms with Crippen molar-refractivity contribution in [2.24, 2.45) is 0 Å². The van der Waals surface area contributed by atoms with Crippen LogP contribution in [0.4, 0.5) is 0 Å². The van der Waals surface area contributed by atoms with Gasteiger partial charge in [0, 0.05) is 7.92 Å². The molecule has 0 aromatic rings.